The van der Waals surface area contributed by atoms with Crippen LogP contribution >= 0.6 is 11.3 Å². The molecular formula is C36H43N5O4S. The molecule has 2 aromatic heterocycles. The number of carbonyl (C=O) groups is 2. The van der Waals surface area contributed by atoms with Gasteiger partial charge in [0.25, 0.3) is 5.91 Å². The first kappa shape index (κ1) is 33.2. The standard InChI is InChI=1S/C36H43N5O4S/c1-23(35(44)45)39-33(42)29(40-34(43)30-15-16-31(46-30)36(2,3)4)19-24-11-13-25(14-12-24)32-37-21-27(22-38-32)26-9-8-10-28(20-26)41-17-6-5-7-18-41/h8-16,20-23,29,35,44-45H,5-7,17-19H2,1-4H3,(H,39,42)(H,40,43)/t23-,29+/m1/s1. The first-order valence-corrected chi connectivity index (χ1v) is 16.6. The van der Waals surface area contributed by atoms with Crippen LogP contribution in [0.2, 0.25) is 0 Å². The molecule has 9 nitrogen and oxygen atoms in total. The lowest BCUT2D eigenvalue weighted by Crippen LogP contribution is -2.52. The smallest absolute Gasteiger partial charge is 0.262 e. The number of hydrogen-bond donors (Lipinski definition) is 4. The number of carbonyl (C=O) groups excluding carboxylic acids is 2. The van der Waals surface area contributed by atoms with E-state index in [0.717, 1.165) is 40.2 Å². The average molecular weight is 642 g/mol. The molecule has 1 fully saturated rings. The highest BCUT2D eigenvalue weighted by atomic mass is 32.1. The zero-order valence-electron chi connectivity index (χ0n) is 26.9. The number of aromatic nitrogens is 2. The van der Waals surface area contributed by atoms with Crippen LogP contribution in [0.5, 0.6) is 0 Å². The highest BCUT2D eigenvalue weighted by Crippen LogP contribution is 2.30. The van der Waals surface area contributed by atoms with Gasteiger partial charge in [0.15, 0.2) is 12.1 Å². The first-order valence-electron chi connectivity index (χ1n) is 15.8. The monoisotopic (exact) mass is 641 g/mol. The van der Waals surface area contributed by atoms with Crippen molar-refractivity contribution in [3.05, 3.63) is 88.4 Å². The van der Waals surface area contributed by atoms with Crippen LogP contribution in [0, 0.1) is 0 Å². The number of benzene rings is 2. The van der Waals surface area contributed by atoms with Gasteiger partial charge < -0.3 is 25.7 Å². The third kappa shape index (κ3) is 8.37. The number of nitrogens with one attached hydrogen (secondary N) is 2. The average Bonchev–Trinajstić information content (AvgIpc) is 3.57. The Bertz CT molecular complexity index is 1620. The highest BCUT2D eigenvalue weighted by molar-refractivity contribution is 7.14. The molecule has 3 heterocycles. The van der Waals surface area contributed by atoms with Crippen LogP contribution in [-0.4, -0.2) is 63.5 Å². The third-order valence-corrected chi connectivity index (χ3v) is 9.72. The minimum absolute atomic E-state index is 0.101. The van der Waals surface area contributed by atoms with Gasteiger partial charge in [0.1, 0.15) is 6.04 Å². The van der Waals surface area contributed by atoms with Gasteiger partial charge >= 0.3 is 0 Å². The van der Waals surface area contributed by atoms with Crippen LogP contribution < -0.4 is 15.5 Å². The van der Waals surface area contributed by atoms with Crippen molar-refractivity contribution >= 4 is 28.8 Å². The van der Waals surface area contributed by atoms with Gasteiger partial charge in [0, 0.05) is 53.6 Å². The van der Waals surface area contributed by atoms with Gasteiger partial charge in [0.2, 0.25) is 5.91 Å². The summed E-state index contributed by atoms with van der Waals surface area (Å²) < 4.78 is 0. The van der Waals surface area contributed by atoms with E-state index in [0.29, 0.717) is 10.7 Å². The summed E-state index contributed by atoms with van der Waals surface area (Å²) in [6, 6.07) is 17.9. The van der Waals surface area contributed by atoms with Crippen LogP contribution in [0.15, 0.2) is 73.1 Å². The van der Waals surface area contributed by atoms with Gasteiger partial charge in [0.05, 0.1) is 10.9 Å². The molecular weight excluding hydrogens is 598 g/mol. The molecule has 0 bridgehead atoms. The lowest BCUT2D eigenvalue weighted by molar-refractivity contribution is -0.128. The second kappa shape index (κ2) is 14.5. The molecule has 2 amide bonds. The summed E-state index contributed by atoms with van der Waals surface area (Å²) in [5.74, 6) is -0.276. The minimum atomic E-state index is -1.73. The summed E-state index contributed by atoms with van der Waals surface area (Å²) in [5.41, 5.74) is 4.80. The Hall–Kier alpha value is -4.12. The number of hydrogen-bond acceptors (Lipinski definition) is 8. The van der Waals surface area contributed by atoms with E-state index in [9.17, 15) is 19.8 Å². The number of thiophene rings is 1. The van der Waals surface area contributed by atoms with Gasteiger partial charge in [-0.05, 0) is 67.0 Å². The van der Waals surface area contributed by atoms with Gasteiger partial charge in [-0.25, -0.2) is 9.97 Å². The fraction of sp³-hybridized carbons (Fsp3) is 0.389. The van der Waals surface area contributed by atoms with Gasteiger partial charge in [-0.1, -0.05) is 57.2 Å². The summed E-state index contributed by atoms with van der Waals surface area (Å²) in [5, 5.41) is 24.5. The van der Waals surface area contributed by atoms with Gasteiger partial charge in [-0.3, -0.25) is 9.59 Å². The van der Waals surface area contributed by atoms with E-state index >= 15 is 0 Å². The molecule has 10 heteroatoms. The number of rotatable bonds is 10. The molecule has 0 aliphatic carbocycles. The van der Waals surface area contributed by atoms with E-state index < -0.39 is 24.3 Å². The molecule has 0 radical (unpaired) electrons. The van der Waals surface area contributed by atoms with Crippen molar-refractivity contribution < 1.29 is 19.8 Å². The van der Waals surface area contributed by atoms with E-state index in [1.807, 2.05) is 42.7 Å². The van der Waals surface area contributed by atoms with E-state index in [1.165, 1.54) is 43.2 Å². The van der Waals surface area contributed by atoms with Crippen LogP contribution in [0.1, 0.15) is 67.1 Å². The molecule has 2 atom stereocenters. The zero-order valence-corrected chi connectivity index (χ0v) is 27.7. The van der Waals surface area contributed by atoms with Crippen molar-refractivity contribution in [1.29, 1.82) is 0 Å². The maximum atomic E-state index is 13.2. The van der Waals surface area contributed by atoms with Crippen molar-refractivity contribution in [3.8, 4) is 22.5 Å². The molecule has 46 heavy (non-hydrogen) atoms. The Kier molecular flexibility index (Phi) is 10.5. The molecule has 1 aliphatic rings. The van der Waals surface area contributed by atoms with Crippen molar-refractivity contribution in [2.75, 3.05) is 18.0 Å². The van der Waals surface area contributed by atoms with Crippen molar-refractivity contribution in [3.63, 3.8) is 0 Å². The molecule has 2 aromatic carbocycles. The topological polar surface area (TPSA) is 128 Å². The summed E-state index contributed by atoms with van der Waals surface area (Å²) in [6.45, 7) is 9.90. The second-order valence-electron chi connectivity index (χ2n) is 12.9. The molecule has 5 rings (SSSR count). The fourth-order valence-corrected chi connectivity index (χ4v) is 6.35. The lowest BCUT2D eigenvalue weighted by Gasteiger charge is -2.29. The molecule has 4 N–H and O–H groups in total. The van der Waals surface area contributed by atoms with E-state index in [2.05, 4.69) is 70.5 Å². The Balaban J connectivity index is 1.28. The molecule has 242 valence electrons. The largest absolute Gasteiger partial charge is 0.372 e. The SMILES string of the molecule is C[C@@H](NC(=O)[C@H](Cc1ccc(-c2ncc(-c3cccc(N4CCCCC4)c3)cn2)cc1)NC(=O)c1ccc(C(C)(C)C)s1)C(O)O. The highest BCUT2D eigenvalue weighted by Gasteiger charge is 2.26. The Morgan fingerprint density at radius 2 is 1.59 bits per heavy atom. The van der Waals surface area contributed by atoms with Crippen molar-refractivity contribution in [1.82, 2.24) is 20.6 Å². The Morgan fingerprint density at radius 3 is 2.22 bits per heavy atom. The van der Waals surface area contributed by atoms with Gasteiger partial charge in [-0.15, -0.1) is 11.3 Å². The van der Waals surface area contributed by atoms with Gasteiger partial charge in [-0.2, -0.15) is 0 Å². The number of aliphatic hydroxyl groups is 2. The number of nitrogens with zero attached hydrogens (tertiary/aromatic N) is 3. The van der Waals surface area contributed by atoms with E-state index in [4.69, 9.17) is 0 Å². The van der Waals surface area contributed by atoms with Crippen LogP contribution in [0.4, 0.5) is 5.69 Å². The maximum absolute atomic E-state index is 13.2. The van der Waals surface area contributed by atoms with E-state index in [-0.39, 0.29) is 17.7 Å². The predicted octanol–water partition coefficient (Wildman–Crippen LogP) is 5.32. The quantitative estimate of drug-likeness (QED) is 0.173. The minimum Gasteiger partial charge on any atom is -0.372 e. The number of piperidine rings is 1. The summed E-state index contributed by atoms with van der Waals surface area (Å²) in [7, 11) is 0. The van der Waals surface area contributed by atoms with Crippen LogP contribution in [-0.2, 0) is 16.6 Å². The first-order chi connectivity index (χ1) is 22.0. The fourth-order valence-electron chi connectivity index (χ4n) is 5.39. The lowest BCUT2D eigenvalue weighted by atomic mass is 9.95. The molecule has 0 unspecified atom stereocenters. The van der Waals surface area contributed by atoms with Crippen LogP contribution in [0.3, 0.4) is 0 Å². The predicted molar refractivity (Wildman–Crippen MR) is 183 cm³/mol. The number of amides is 2. The van der Waals surface area contributed by atoms with Crippen LogP contribution in [0.25, 0.3) is 22.5 Å². The molecule has 0 saturated carbocycles. The Morgan fingerprint density at radius 1 is 0.891 bits per heavy atom. The maximum Gasteiger partial charge on any atom is 0.262 e. The zero-order chi connectivity index (χ0) is 32.8. The van der Waals surface area contributed by atoms with Crippen molar-refractivity contribution in [2.24, 2.45) is 0 Å². The summed E-state index contributed by atoms with van der Waals surface area (Å²) in [6.07, 6.45) is 5.91. The van der Waals surface area contributed by atoms with Crippen molar-refractivity contribution in [2.45, 2.75) is 77.2 Å². The number of aliphatic hydroxyl groups excluding tert-OH is 1. The molecule has 1 aliphatic heterocycles. The third-order valence-electron chi connectivity index (χ3n) is 8.21. The second-order valence-corrected chi connectivity index (χ2v) is 14.0. The molecule has 0 spiro atoms. The van der Waals surface area contributed by atoms with E-state index in [1.54, 1.807) is 6.07 Å². The number of anilines is 1. The summed E-state index contributed by atoms with van der Waals surface area (Å²) in [4.78, 5) is 39.6. The molecule has 1 saturated heterocycles. The molecule has 4 aromatic rings. The summed E-state index contributed by atoms with van der Waals surface area (Å²) >= 11 is 1.39. The normalized spacial score (nSPS) is 15.0. The Labute approximate surface area is 274 Å².